The highest BCUT2D eigenvalue weighted by molar-refractivity contribution is 5.96. The summed E-state index contributed by atoms with van der Waals surface area (Å²) in [6.07, 6.45) is 6.04. The van der Waals surface area contributed by atoms with Crippen LogP contribution in [-0.2, 0) is 20.7 Å². The third kappa shape index (κ3) is 7.31. The van der Waals surface area contributed by atoms with E-state index in [1.807, 2.05) is 0 Å². The molecule has 1 N–H and O–H groups in total. The highest BCUT2D eigenvalue weighted by Crippen LogP contribution is 2.35. The fourth-order valence-electron chi connectivity index (χ4n) is 3.00. The molecule has 0 unspecified atom stereocenters. The highest BCUT2D eigenvalue weighted by Gasteiger charge is 2.12. The number of methoxy groups -OCH3 is 4. The van der Waals surface area contributed by atoms with E-state index in [1.165, 1.54) is 32.6 Å². The van der Waals surface area contributed by atoms with Crippen molar-refractivity contribution in [2.75, 3.05) is 40.4 Å². The van der Waals surface area contributed by atoms with Crippen LogP contribution in [0.1, 0.15) is 18.1 Å². The predicted octanol–water partition coefficient (Wildman–Crippen LogP) is 4.03. The zero-order valence-corrected chi connectivity index (χ0v) is 19.5. The van der Waals surface area contributed by atoms with Gasteiger partial charge in [-0.1, -0.05) is 6.07 Å². The van der Waals surface area contributed by atoms with E-state index in [0.717, 1.165) is 5.56 Å². The van der Waals surface area contributed by atoms with E-state index in [1.54, 1.807) is 57.6 Å². The van der Waals surface area contributed by atoms with Gasteiger partial charge in [-0.3, -0.25) is 4.79 Å². The number of anilines is 1. The maximum Gasteiger partial charge on any atom is 0.332 e. The van der Waals surface area contributed by atoms with Gasteiger partial charge in [0.25, 0.3) is 0 Å². The van der Waals surface area contributed by atoms with Crippen molar-refractivity contribution in [3.63, 3.8) is 0 Å². The predicted molar refractivity (Wildman–Crippen MR) is 126 cm³/mol. The lowest BCUT2D eigenvalue weighted by Gasteiger charge is -2.12. The number of benzene rings is 2. The molecule has 0 aliphatic carbocycles. The van der Waals surface area contributed by atoms with Gasteiger partial charge >= 0.3 is 5.97 Å². The Morgan fingerprint density at radius 2 is 1.55 bits per heavy atom. The zero-order valence-electron chi connectivity index (χ0n) is 19.5. The van der Waals surface area contributed by atoms with Gasteiger partial charge < -0.3 is 29.0 Å². The van der Waals surface area contributed by atoms with Crippen LogP contribution in [0.3, 0.4) is 0 Å². The minimum absolute atomic E-state index is 0.117. The molecule has 8 nitrogen and oxygen atoms in total. The third-order valence-electron chi connectivity index (χ3n) is 4.58. The molecule has 0 fully saturated rings. The summed E-state index contributed by atoms with van der Waals surface area (Å²) < 4.78 is 26.2. The lowest BCUT2D eigenvalue weighted by atomic mass is 10.1. The zero-order chi connectivity index (χ0) is 24.2. The standard InChI is InChI=1S/C25H29NO7/c1-6-33-25(28)11-12-26-21-14-17(7-10-22(21)30-3)13-18(27)8-9-20-23(31-4)15-19(29-2)16-24(20)32-5/h7-12,14-16,26H,6,13H2,1-5H3/b9-8+,12-11-. The first kappa shape index (κ1) is 25.3. The summed E-state index contributed by atoms with van der Waals surface area (Å²) in [5.41, 5.74) is 2.02. The van der Waals surface area contributed by atoms with Gasteiger partial charge in [-0.2, -0.15) is 0 Å². The second-order valence-electron chi connectivity index (χ2n) is 6.69. The Morgan fingerprint density at radius 3 is 2.12 bits per heavy atom. The summed E-state index contributed by atoms with van der Waals surface area (Å²) in [4.78, 5) is 24.1. The molecule has 0 atom stereocenters. The quantitative estimate of drug-likeness (QED) is 0.379. The van der Waals surface area contributed by atoms with Gasteiger partial charge in [-0.25, -0.2) is 4.79 Å². The largest absolute Gasteiger partial charge is 0.496 e. The molecule has 0 radical (unpaired) electrons. The van der Waals surface area contributed by atoms with Gasteiger partial charge in [-0.15, -0.1) is 0 Å². The molecule has 0 saturated heterocycles. The fourth-order valence-corrected chi connectivity index (χ4v) is 3.00. The number of nitrogens with one attached hydrogen (secondary N) is 1. The number of hydrogen-bond acceptors (Lipinski definition) is 8. The molecule has 176 valence electrons. The van der Waals surface area contributed by atoms with E-state index in [0.29, 0.717) is 40.9 Å². The Labute approximate surface area is 193 Å². The van der Waals surface area contributed by atoms with Crippen LogP contribution in [0.15, 0.2) is 48.7 Å². The molecule has 2 aromatic rings. The Morgan fingerprint density at radius 1 is 0.879 bits per heavy atom. The average molecular weight is 456 g/mol. The van der Waals surface area contributed by atoms with Crippen molar-refractivity contribution in [3.05, 3.63) is 59.8 Å². The number of ketones is 1. The van der Waals surface area contributed by atoms with Crippen molar-refractivity contribution in [1.29, 1.82) is 0 Å². The van der Waals surface area contributed by atoms with Crippen molar-refractivity contribution in [2.45, 2.75) is 13.3 Å². The molecule has 2 aromatic carbocycles. The highest BCUT2D eigenvalue weighted by atomic mass is 16.5. The molecule has 2 rings (SSSR count). The Hall–Kier alpha value is -3.94. The Kier molecular flexibility index (Phi) is 9.82. The number of hydrogen-bond donors (Lipinski definition) is 1. The Balaban J connectivity index is 2.17. The topological polar surface area (TPSA) is 92.3 Å². The second kappa shape index (κ2) is 12.8. The molecule has 8 heteroatoms. The molecular formula is C25H29NO7. The van der Waals surface area contributed by atoms with Gasteiger partial charge in [-0.05, 0) is 36.8 Å². The summed E-state index contributed by atoms with van der Waals surface area (Å²) in [6, 6.07) is 8.78. The van der Waals surface area contributed by atoms with Gasteiger partial charge in [0.2, 0.25) is 0 Å². The van der Waals surface area contributed by atoms with E-state index in [2.05, 4.69) is 5.32 Å². The van der Waals surface area contributed by atoms with Gasteiger partial charge in [0.15, 0.2) is 5.78 Å². The normalized spacial score (nSPS) is 10.8. The smallest absolute Gasteiger partial charge is 0.332 e. The molecule has 0 amide bonds. The van der Waals surface area contributed by atoms with Crippen LogP contribution >= 0.6 is 0 Å². The molecule has 0 aromatic heterocycles. The van der Waals surface area contributed by atoms with Gasteiger partial charge in [0.05, 0.1) is 46.3 Å². The maximum atomic E-state index is 12.6. The number of carbonyl (C=O) groups excluding carboxylic acids is 2. The van der Waals surface area contributed by atoms with Crippen LogP contribution < -0.4 is 24.3 Å². The first-order valence-electron chi connectivity index (χ1n) is 10.2. The summed E-state index contributed by atoms with van der Waals surface area (Å²) in [6.45, 7) is 2.03. The van der Waals surface area contributed by atoms with Crippen molar-refractivity contribution in [1.82, 2.24) is 0 Å². The van der Waals surface area contributed by atoms with Crippen molar-refractivity contribution in [3.8, 4) is 23.0 Å². The van der Waals surface area contributed by atoms with Crippen LogP contribution in [0, 0.1) is 0 Å². The lowest BCUT2D eigenvalue weighted by molar-refractivity contribution is -0.137. The monoisotopic (exact) mass is 455 g/mol. The molecule has 0 bridgehead atoms. The van der Waals surface area contributed by atoms with Crippen molar-refractivity contribution in [2.24, 2.45) is 0 Å². The van der Waals surface area contributed by atoms with E-state index in [4.69, 9.17) is 23.7 Å². The molecule has 0 aliphatic rings. The SMILES string of the molecule is CCOC(=O)/C=C\Nc1cc(CC(=O)/C=C/c2c(OC)cc(OC)cc2OC)ccc1OC. The van der Waals surface area contributed by atoms with Crippen LogP contribution in [0.5, 0.6) is 23.0 Å². The van der Waals surface area contributed by atoms with Crippen LogP contribution in [0.25, 0.3) is 6.08 Å². The summed E-state index contributed by atoms with van der Waals surface area (Å²) in [5, 5.41) is 2.99. The number of esters is 1. The van der Waals surface area contributed by atoms with E-state index in [9.17, 15) is 9.59 Å². The van der Waals surface area contributed by atoms with Crippen LogP contribution in [-0.4, -0.2) is 46.8 Å². The van der Waals surface area contributed by atoms with E-state index >= 15 is 0 Å². The average Bonchev–Trinajstić information content (AvgIpc) is 2.82. The van der Waals surface area contributed by atoms with Crippen LogP contribution in [0.4, 0.5) is 5.69 Å². The second-order valence-corrected chi connectivity index (χ2v) is 6.69. The Bertz CT molecular complexity index is 1000. The lowest BCUT2D eigenvalue weighted by Crippen LogP contribution is -2.02. The van der Waals surface area contributed by atoms with Crippen LogP contribution in [0.2, 0.25) is 0 Å². The minimum atomic E-state index is -0.454. The molecular weight excluding hydrogens is 426 g/mol. The third-order valence-corrected chi connectivity index (χ3v) is 4.58. The first-order valence-corrected chi connectivity index (χ1v) is 10.2. The fraction of sp³-hybridized carbons (Fsp3) is 0.280. The number of rotatable bonds is 12. The van der Waals surface area contributed by atoms with E-state index < -0.39 is 5.97 Å². The molecule has 0 heterocycles. The number of allylic oxidation sites excluding steroid dienone is 1. The summed E-state index contributed by atoms with van der Waals surface area (Å²) >= 11 is 0. The molecule has 0 spiro atoms. The van der Waals surface area contributed by atoms with Crippen molar-refractivity contribution < 1.29 is 33.3 Å². The number of ether oxygens (including phenoxy) is 5. The van der Waals surface area contributed by atoms with Crippen molar-refractivity contribution >= 4 is 23.5 Å². The number of carbonyl (C=O) groups is 2. The van der Waals surface area contributed by atoms with Gasteiger partial charge in [0, 0.05) is 30.8 Å². The molecule has 0 saturated carbocycles. The summed E-state index contributed by atoms with van der Waals surface area (Å²) in [5.74, 6) is 1.64. The minimum Gasteiger partial charge on any atom is -0.496 e. The maximum absolute atomic E-state index is 12.6. The molecule has 33 heavy (non-hydrogen) atoms. The first-order chi connectivity index (χ1) is 15.9. The molecule has 0 aliphatic heterocycles. The summed E-state index contributed by atoms with van der Waals surface area (Å²) in [7, 11) is 6.17. The van der Waals surface area contributed by atoms with Gasteiger partial charge in [0.1, 0.15) is 23.0 Å². The van der Waals surface area contributed by atoms with E-state index in [-0.39, 0.29) is 12.2 Å².